The molecule has 0 rings (SSSR count). The average molecular weight is 276 g/mol. The van der Waals surface area contributed by atoms with Crippen LogP contribution < -0.4 is 0 Å². The quantitative estimate of drug-likeness (QED) is 0.311. The van der Waals surface area contributed by atoms with E-state index in [-0.39, 0.29) is 0 Å². The van der Waals surface area contributed by atoms with Gasteiger partial charge in [0.1, 0.15) is 0 Å². The van der Waals surface area contributed by atoms with Crippen LogP contribution in [-0.4, -0.2) is 4.43 Å². The van der Waals surface area contributed by atoms with Gasteiger partial charge < -0.3 is 0 Å². The van der Waals surface area contributed by atoms with Crippen LogP contribution >= 0.6 is 22.6 Å². The Hall–Kier alpha value is 0.0300. The smallest absolute Gasteiger partial charge is 0.0125 e. The summed E-state index contributed by atoms with van der Waals surface area (Å²) in [6.07, 6.45) is 11.8. The van der Waals surface area contributed by atoms with E-state index in [1.807, 2.05) is 0 Å². The molecule has 0 saturated carbocycles. The van der Waals surface area contributed by atoms with E-state index in [2.05, 4.69) is 54.5 Å². The molecular formula is C11H17I. The molecule has 0 aliphatic rings. The summed E-state index contributed by atoms with van der Waals surface area (Å²) in [5, 5.41) is 0. The zero-order chi connectivity index (χ0) is 9.40. The molecule has 0 bridgehead atoms. The molecule has 68 valence electrons. The van der Waals surface area contributed by atoms with Crippen LogP contribution in [0, 0.1) is 24.2 Å². The van der Waals surface area contributed by atoms with Crippen molar-refractivity contribution < 1.29 is 0 Å². The molecule has 0 saturated heterocycles. The van der Waals surface area contributed by atoms with Crippen LogP contribution in [0.2, 0.25) is 0 Å². The maximum Gasteiger partial charge on any atom is 0.0125 e. The number of allylic oxidation sites excluding steroid dienone is 2. The zero-order valence-electron chi connectivity index (χ0n) is 7.89. The minimum Gasteiger partial charge on any atom is -0.120 e. The van der Waals surface area contributed by atoms with E-state index in [4.69, 9.17) is 6.42 Å². The third-order valence-corrected chi connectivity index (χ3v) is 2.86. The van der Waals surface area contributed by atoms with Gasteiger partial charge in [0.2, 0.25) is 0 Å². The first-order chi connectivity index (χ1) is 5.70. The lowest BCUT2D eigenvalue weighted by atomic mass is 10.0. The largest absolute Gasteiger partial charge is 0.120 e. The highest BCUT2D eigenvalue weighted by Crippen LogP contribution is 2.12. The third-order valence-electron chi connectivity index (χ3n) is 1.62. The van der Waals surface area contributed by atoms with Crippen LogP contribution in [0.25, 0.3) is 0 Å². The summed E-state index contributed by atoms with van der Waals surface area (Å²) >= 11 is 2.40. The van der Waals surface area contributed by atoms with Gasteiger partial charge in [0, 0.05) is 10.8 Å². The molecule has 0 aromatic carbocycles. The molecule has 0 aliphatic carbocycles. The van der Waals surface area contributed by atoms with Crippen LogP contribution in [0.3, 0.4) is 0 Å². The summed E-state index contributed by atoms with van der Waals surface area (Å²) in [5.41, 5.74) is 0. The predicted octanol–water partition coefficient (Wildman–Crippen LogP) is 3.66. The Morgan fingerprint density at radius 3 is 2.58 bits per heavy atom. The number of hydrogen-bond acceptors (Lipinski definition) is 0. The standard InChI is InChI=1S/C11H17I/c1-4-6-11(9-12)8-5-7-10(2)3/h1,5,7,10-11H,6,8-9H2,2-3H3/b7-5+/t11-/m1/s1. The van der Waals surface area contributed by atoms with E-state index < -0.39 is 0 Å². The Balaban J connectivity index is 3.65. The second-order valence-corrected chi connectivity index (χ2v) is 4.22. The van der Waals surface area contributed by atoms with Gasteiger partial charge in [0.15, 0.2) is 0 Å². The second-order valence-electron chi connectivity index (χ2n) is 3.34. The van der Waals surface area contributed by atoms with Gasteiger partial charge in [-0.15, -0.1) is 12.3 Å². The van der Waals surface area contributed by atoms with Crippen LogP contribution in [0.15, 0.2) is 12.2 Å². The van der Waals surface area contributed by atoms with E-state index in [0.29, 0.717) is 11.8 Å². The van der Waals surface area contributed by atoms with Gasteiger partial charge in [-0.3, -0.25) is 0 Å². The Labute approximate surface area is 90.0 Å². The normalized spacial score (nSPS) is 13.6. The Kier molecular flexibility index (Phi) is 7.69. The lowest BCUT2D eigenvalue weighted by molar-refractivity contribution is 0.630. The highest BCUT2D eigenvalue weighted by Gasteiger charge is 2.01. The lowest BCUT2D eigenvalue weighted by Crippen LogP contribution is -1.98. The first-order valence-electron chi connectivity index (χ1n) is 4.36. The Morgan fingerprint density at radius 2 is 2.17 bits per heavy atom. The van der Waals surface area contributed by atoms with Gasteiger partial charge in [-0.05, 0) is 18.3 Å². The molecule has 0 radical (unpaired) electrons. The van der Waals surface area contributed by atoms with Crippen molar-refractivity contribution in [2.75, 3.05) is 4.43 Å². The number of hydrogen-bond donors (Lipinski definition) is 0. The maximum atomic E-state index is 5.26. The van der Waals surface area contributed by atoms with Crippen LogP contribution in [-0.2, 0) is 0 Å². The number of alkyl halides is 1. The molecule has 1 atom stereocenters. The van der Waals surface area contributed by atoms with E-state index in [1.54, 1.807) is 0 Å². The number of halogens is 1. The maximum absolute atomic E-state index is 5.26. The first kappa shape index (κ1) is 12.0. The second kappa shape index (κ2) is 7.67. The van der Waals surface area contributed by atoms with E-state index in [1.165, 1.54) is 0 Å². The van der Waals surface area contributed by atoms with Crippen molar-refractivity contribution >= 4 is 22.6 Å². The van der Waals surface area contributed by atoms with Crippen LogP contribution in [0.1, 0.15) is 26.7 Å². The van der Waals surface area contributed by atoms with Gasteiger partial charge >= 0.3 is 0 Å². The average Bonchev–Trinajstić information content (AvgIpc) is 2.02. The summed E-state index contributed by atoms with van der Waals surface area (Å²) in [7, 11) is 0. The van der Waals surface area contributed by atoms with Gasteiger partial charge in [-0.25, -0.2) is 0 Å². The topological polar surface area (TPSA) is 0 Å². The fraction of sp³-hybridized carbons (Fsp3) is 0.636. The molecule has 0 aromatic heterocycles. The minimum atomic E-state index is 0.658. The molecule has 0 spiro atoms. The van der Waals surface area contributed by atoms with E-state index >= 15 is 0 Å². The monoisotopic (exact) mass is 276 g/mol. The zero-order valence-corrected chi connectivity index (χ0v) is 10.0. The first-order valence-corrected chi connectivity index (χ1v) is 5.89. The van der Waals surface area contributed by atoms with Crippen molar-refractivity contribution in [3.8, 4) is 12.3 Å². The van der Waals surface area contributed by atoms with Crippen LogP contribution in [0.4, 0.5) is 0 Å². The van der Waals surface area contributed by atoms with E-state index in [0.717, 1.165) is 17.3 Å². The molecule has 12 heavy (non-hydrogen) atoms. The molecule has 0 N–H and O–H groups in total. The van der Waals surface area contributed by atoms with Crippen molar-refractivity contribution in [2.45, 2.75) is 26.7 Å². The van der Waals surface area contributed by atoms with Gasteiger partial charge in [-0.2, -0.15) is 0 Å². The lowest BCUT2D eigenvalue weighted by Gasteiger charge is -2.06. The predicted molar refractivity (Wildman–Crippen MR) is 64.4 cm³/mol. The molecule has 0 fully saturated rings. The SMILES string of the molecule is C#CC[C@@H](CI)C/C=C/C(C)C. The summed E-state index contributed by atoms with van der Waals surface area (Å²) in [4.78, 5) is 0. The summed E-state index contributed by atoms with van der Waals surface area (Å²) in [6, 6.07) is 0. The molecule has 0 nitrogen and oxygen atoms in total. The Morgan fingerprint density at radius 1 is 1.50 bits per heavy atom. The minimum absolute atomic E-state index is 0.658. The Bertz CT molecular complexity index is 162. The molecule has 0 aliphatic heterocycles. The number of terminal acetylenes is 1. The highest BCUT2D eigenvalue weighted by molar-refractivity contribution is 14.1. The third kappa shape index (κ3) is 6.72. The fourth-order valence-electron chi connectivity index (χ4n) is 0.911. The van der Waals surface area contributed by atoms with Crippen molar-refractivity contribution in [2.24, 2.45) is 11.8 Å². The van der Waals surface area contributed by atoms with Gasteiger partial charge in [-0.1, -0.05) is 48.6 Å². The molecule has 0 unspecified atom stereocenters. The number of rotatable bonds is 5. The highest BCUT2D eigenvalue weighted by atomic mass is 127. The molecule has 0 heterocycles. The van der Waals surface area contributed by atoms with Gasteiger partial charge in [0.05, 0.1) is 0 Å². The van der Waals surface area contributed by atoms with Crippen LogP contribution in [0.5, 0.6) is 0 Å². The molecular weight excluding hydrogens is 259 g/mol. The van der Waals surface area contributed by atoms with E-state index in [9.17, 15) is 0 Å². The molecule has 0 amide bonds. The fourth-order valence-corrected chi connectivity index (χ4v) is 1.58. The summed E-state index contributed by atoms with van der Waals surface area (Å²) in [5.74, 6) is 4.05. The summed E-state index contributed by atoms with van der Waals surface area (Å²) < 4.78 is 1.16. The van der Waals surface area contributed by atoms with Crippen molar-refractivity contribution in [1.29, 1.82) is 0 Å². The van der Waals surface area contributed by atoms with Crippen molar-refractivity contribution in [3.63, 3.8) is 0 Å². The van der Waals surface area contributed by atoms with Crippen molar-refractivity contribution in [3.05, 3.63) is 12.2 Å². The molecule has 0 aromatic rings. The van der Waals surface area contributed by atoms with Gasteiger partial charge in [0.25, 0.3) is 0 Å². The van der Waals surface area contributed by atoms with Crippen molar-refractivity contribution in [1.82, 2.24) is 0 Å². The molecule has 1 heteroatoms. The summed E-state index contributed by atoms with van der Waals surface area (Å²) in [6.45, 7) is 4.38.